The zero-order chi connectivity index (χ0) is 16.3. The van der Waals surface area contributed by atoms with Crippen molar-refractivity contribution < 1.29 is 46.5 Å². The van der Waals surface area contributed by atoms with Gasteiger partial charge in [-0.1, -0.05) is 72.1 Å². The molecule has 4 heteroatoms. The Hall–Kier alpha value is 0.604. The third-order valence-electron chi connectivity index (χ3n) is 5.35. The molecule has 0 heterocycles. The van der Waals surface area contributed by atoms with Crippen molar-refractivity contribution in [1.82, 2.24) is 4.90 Å². The first-order chi connectivity index (χ1) is 10.4. The summed E-state index contributed by atoms with van der Waals surface area (Å²) in [5.41, 5.74) is 6.73. The van der Waals surface area contributed by atoms with Crippen molar-refractivity contribution in [2.45, 2.75) is 84.0 Å². The molecule has 143 valence electrons. The van der Waals surface area contributed by atoms with E-state index in [1.54, 1.807) is 22.3 Å². The Morgan fingerprint density at radius 1 is 1.00 bits per heavy atom. The molecule has 2 rings (SSSR count). The van der Waals surface area contributed by atoms with Crippen LogP contribution in [0.15, 0.2) is 6.07 Å². The molecule has 1 aliphatic carbocycles. The van der Waals surface area contributed by atoms with Crippen molar-refractivity contribution in [3.05, 3.63) is 28.3 Å². The van der Waals surface area contributed by atoms with Crippen molar-refractivity contribution in [3.8, 4) is 0 Å². The van der Waals surface area contributed by atoms with Crippen LogP contribution in [0.4, 0.5) is 0 Å². The third-order valence-corrected chi connectivity index (χ3v) is 5.35. The number of hydrogen-bond donors (Lipinski definition) is 0. The molecular weight excluding hydrogens is 385 g/mol. The Balaban J connectivity index is 0. The molecule has 25 heavy (non-hydrogen) atoms. The van der Waals surface area contributed by atoms with E-state index in [0.717, 1.165) is 12.5 Å². The van der Waals surface area contributed by atoms with E-state index in [1.165, 1.54) is 38.5 Å². The van der Waals surface area contributed by atoms with Crippen LogP contribution in [0.1, 0.15) is 99.8 Å². The number of hydrogen-bond acceptors (Lipinski definition) is 1. The van der Waals surface area contributed by atoms with Crippen molar-refractivity contribution in [3.63, 3.8) is 0 Å². The molecule has 0 aliphatic heterocycles. The Kier molecular flexibility index (Phi) is 14.4. The van der Waals surface area contributed by atoms with Gasteiger partial charge in [-0.2, -0.15) is 16.7 Å². The van der Waals surface area contributed by atoms with Gasteiger partial charge in [-0.3, -0.25) is 0 Å². The molecule has 0 atom stereocenters. The van der Waals surface area contributed by atoms with Gasteiger partial charge >= 0.3 is 21.7 Å². The van der Waals surface area contributed by atoms with E-state index in [2.05, 4.69) is 52.8 Å². The van der Waals surface area contributed by atoms with Crippen LogP contribution >= 0.6 is 0 Å². The molecule has 1 aromatic carbocycles. The van der Waals surface area contributed by atoms with Gasteiger partial charge in [0.05, 0.1) is 0 Å². The van der Waals surface area contributed by atoms with Gasteiger partial charge in [-0.25, -0.2) is 6.07 Å². The Morgan fingerprint density at radius 2 is 1.56 bits per heavy atom. The molecule has 1 fully saturated rings. The average molecular weight is 421 g/mol. The number of nitrogens with zero attached hydrogens (tertiary/aromatic N) is 1. The van der Waals surface area contributed by atoms with Gasteiger partial charge < -0.3 is 29.7 Å². The summed E-state index contributed by atoms with van der Waals surface area (Å²) in [6.45, 7) is 10.7. The van der Waals surface area contributed by atoms with Gasteiger partial charge in [0.15, 0.2) is 0 Å². The summed E-state index contributed by atoms with van der Waals surface area (Å²) in [6.07, 6.45) is 8.33. The average Bonchev–Trinajstić information content (AvgIpc) is 2.85. The van der Waals surface area contributed by atoms with Crippen LogP contribution < -0.4 is 24.8 Å². The predicted octanol–water partition coefficient (Wildman–Crippen LogP) is -0.190. The number of halogens is 2. The molecule has 1 saturated carbocycles. The Morgan fingerprint density at radius 3 is 2.00 bits per heavy atom. The third kappa shape index (κ3) is 7.26. The van der Waals surface area contributed by atoms with Crippen molar-refractivity contribution >= 4 is 0 Å². The molecule has 0 saturated heterocycles. The van der Waals surface area contributed by atoms with Crippen molar-refractivity contribution in [1.29, 1.82) is 0 Å². The zero-order valence-electron chi connectivity index (χ0n) is 17.0. The first-order valence-corrected chi connectivity index (χ1v) is 9.38. The van der Waals surface area contributed by atoms with Crippen LogP contribution in [0.3, 0.4) is 0 Å². The predicted molar refractivity (Wildman–Crippen MR) is 98.3 cm³/mol. The van der Waals surface area contributed by atoms with Crippen LogP contribution in [0.5, 0.6) is 0 Å². The molecule has 1 aliphatic rings. The van der Waals surface area contributed by atoms with E-state index < -0.39 is 0 Å². The molecule has 1 aromatic rings. The zero-order valence-corrected chi connectivity index (χ0v) is 20.0. The van der Waals surface area contributed by atoms with Crippen LogP contribution in [-0.2, 0) is 28.1 Å². The fourth-order valence-electron chi connectivity index (χ4n) is 4.22. The van der Waals surface area contributed by atoms with Crippen LogP contribution in [0.2, 0.25) is 0 Å². The summed E-state index contributed by atoms with van der Waals surface area (Å²) in [5, 5.41) is 0. The molecule has 1 radical (unpaired) electrons. The maximum Gasteiger partial charge on any atom is 3.00 e. The maximum atomic E-state index is 2.60. The number of rotatable bonds is 6. The summed E-state index contributed by atoms with van der Waals surface area (Å²) in [7, 11) is 4.38. The standard InChI is InChI=1S/C21H36N.2ClH.Ti/c1-15(2)19-14-20(17-10-8-7-9-11-17)21(16(3)4)18(19)12-13-22(5)6;;;/h14-17H,7-13H2,1-6H3;2*1H;/q-1;;;+3/p-2. The largest absolute Gasteiger partial charge is 3.00 e. The molecule has 0 amide bonds. The van der Waals surface area contributed by atoms with E-state index in [-0.39, 0.29) is 46.5 Å². The second-order valence-corrected chi connectivity index (χ2v) is 8.14. The molecule has 0 unspecified atom stereocenters. The van der Waals surface area contributed by atoms with Crippen molar-refractivity contribution in [2.24, 2.45) is 0 Å². The first-order valence-electron chi connectivity index (χ1n) is 9.38. The smallest absolute Gasteiger partial charge is 1.00 e. The molecule has 0 bridgehead atoms. The fraction of sp³-hybridized carbons (Fsp3) is 0.762. The Bertz CT molecular complexity index is 474. The molecule has 1 nitrogen and oxygen atoms in total. The molecule has 0 aromatic heterocycles. The second-order valence-electron chi connectivity index (χ2n) is 8.14. The maximum absolute atomic E-state index is 2.60. The second kappa shape index (κ2) is 12.9. The summed E-state index contributed by atoms with van der Waals surface area (Å²) in [4.78, 5) is 2.32. The van der Waals surface area contributed by atoms with E-state index in [9.17, 15) is 0 Å². The quantitative estimate of drug-likeness (QED) is 0.455. The topological polar surface area (TPSA) is 3.24 Å². The minimum absolute atomic E-state index is 0. The summed E-state index contributed by atoms with van der Waals surface area (Å²) >= 11 is 0. The fourth-order valence-corrected chi connectivity index (χ4v) is 4.22. The number of likely N-dealkylation sites (N-methyl/N-ethyl adjacent to an activating group) is 1. The van der Waals surface area contributed by atoms with Crippen LogP contribution in [0, 0.1) is 0 Å². The molecule has 0 spiro atoms. The normalized spacial score (nSPS) is 15.1. The van der Waals surface area contributed by atoms with Gasteiger partial charge in [0.1, 0.15) is 0 Å². The van der Waals surface area contributed by atoms with Crippen molar-refractivity contribution in [2.75, 3.05) is 20.6 Å². The van der Waals surface area contributed by atoms with E-state index in [0.29, 0.717) is 11.8 Å². The van der Waals surface area contributed by atoms with Gasteiger partial charge in [0, 0.05) is 0 Å². The summed E-state index contributed by atoms with van der Waals surface area (Å²) in [6, 6.07) is 2.60. The van der Waals surface area contributed by atoms with Gasteiger partial charge in [0.25, 0.3) is 0 Å². The van der Waals surface area contributed by atoms with Crippen LogP contribution in [-0.4, -0.2) is 25.5 Å². The summed E-state index contributed by atoms with van der Waals surface area (Å²) in [5.74, 6) is 2.13. The minimum Gasteiger partial charge on any atom is -1.00 e. The van der Waals surface area contributed by atoms with E-state index in [1.807, 2.05) is 0 Å². The first kappa shape index (κ1) is 27.8. The molecule has 0 N–H and O–H groups in total. The van der Waals surface area contributed by atoms with Crippen LogP contribution in [0.25, 0.3) is 0 Å². The van der Waals surface area contributed by atoms with E-state index in [4.69, 9.17) is 0 Å². The molecular formula is C21H36Cl2NTi. The van der Waals surface area contributed by atoms with E-state index >= 15 is 0 Å². The van der Waals surface area contributed by atoms with Gasteiger partial charge in [0.2, 0.25) is 0 Å². The van der Waals surface area contributed by atoms with Gasteiger partial charge in [-0.15, -0.1) is 5.56 Å². The minimum atomic E-state index is 0. The van der Waals surface area contributed by atoms with Gasteiger partial charge in [-0.05, 0) is 32.5 Å². The monoisotopic (exact) mass is 420 g/mol. The summed E-state index contributed by atoms with van der Waals surface area (Å²) < 4.78 is 0. The Labute approximate surface area is 183 Å². The SMILES string of the molecule is CC(C)c1cc(C2CCCCC2)c(C(C)C)[c-]1CCN(C)C.[Cl-].[Cl-].[Ti+3].